The van der Waals surface area contributed by atoms with Crippen molar-refractivity contribution in [2.24, 2.45) is 0 Å². The van der Waals surface area contributed by atoms with Gasteiger partial charge in [-0.3, -0.25) is 0 Å². The molecule has 88 valence electrons. The van der Waals surface area contributed by atoms with Crippen molar-refractivity contribution in [3.8, 4) is 0 Å². The Bertz CT molecular complexity index is 510. The smallest absolute Gasteiger partial charge is 0.138 e. The van der Waals surface area contributed by atoms with Crippen LogP contribution in [0.15, 0.2) is 29.0 Å². The molecule has 0 amide bonds. The molecule has 0 saturated heterocycles. The summed E-state index contributed by atoms with van der Waals surface area (Å²) in [5.41, 5.74) is 7.35. The average molecular weight is 314 g/mol. The summed E-state index contributed by atoms with van der Waals surface area (Å²) in [5.74, 6) is 1.13. The van der Waals surface area contributed by atoms with Gasteiger partial charge in [0.1, 0.15) is 18.0 Å². The Hall–Kier alpha value is -1.33. The number of nitrogens with one attached hydrogen (secondary N) is 1. The summed E-state index contributed by atoms with van der Waals surface area (Å²) >= 11 is 9.42. The van der Waals surface area contributed by atoms with Crippen molar-refractivity contribution >= 4 is 44.9 Å². The zero-order valence-corrected chi connectivity index (χ0v) is 11.4. The number of anilines is 3. The minimum absolute atomic E-state index is 0.459. The lowest BCUT2D eigenvalue weighted by Gasteiger charge is -2.11. The first-order valence-corrected chi connectivity index (χ1v) is 6.05. The normalized spacial score (nSPS) is 10.3. The van der Waals surface area contributed by atoms with Crippen LogP contribution in [-0.2, 0) is 0 Å². The third-order valence-corrected chi connectivity index (χ3v) is 3.73. The molecule has 2 aromatic rings. The van der Waals surface area contributed by atoms with E-state index in [1.165, 1.54) is 6.33 Å². The molecule has 6 heteroatoms. The highest BCUT2D eigenvalue weighted by Crippen LogP contribution is 2.32. The molecule has 1 aromatic heterocycles. The van der Waals surface area contributed by atoms with E-state index >= 15 is 0 Å². The first-order valence-electron chi connectivity index (χ1n) is 4.87. The van der Waals surface area contributed by atoms with Crippen LogP contribution in [0.2, 0.25) is 5.02 Å². The number of nitrogen functional groups attached to an aromatic ring is 1. The van der Waals surface area contributed by atoms with Crippen molar-refractivity contribution in [1.29, 1.82) is 0 Å². The highest BCUT2D eigenvalue weighted by atomic mass is 79.9. The van der Waals surface area contributed by atoms with E-state index in [1.54, 1.807) is 6.07 Å². The van der Waals surface area contributed by atoms with E-state index < -0.39 is 0 Å². The van der Waals surface area contributed by atoms with E-state index in [0.717, 1.165) is 15.7 Å². The Labute approximate surface area is 112 Å². The Balaban J connectivity index is 2.38. The fourth-order valence-corrected chi connectivity index (χ4v) is 1.86. The van der Waals surface area contributed by atoms with Crippen molar-refractivity contribution in [3.63, 3.8) is 0 Å². The van der Waals surface area contributed by atoms with Gasteiger partial charge in [-0.25, -0.2) is 9.97 Å². The van der Waals surface area contributed by atoms with E-state index in [1.807, 2.05) is 19.1 Å². The maximum Gasteiger partial charge on any atom is 0.138 e. The van der Waals surface area contributed by atoms with Gasteiger partial charge in [0, 0.05) is 5.56 Å². The first kappa shape index (κ1) is 12.1. The van der Waals surface area contributed by atoms with Crippen LogP contribution in [0, 0.1) is 6.92 Å². The van der Waals surface area contributed by atoms with Gasteiger partial charge >= 0.3 is 0 Å². The van der Waals surface area contributed by atoms with E-state index in [0.29, 0.717) is 16.7 Å². The van der Waals surface area contributed by atoms with Crippen molar-refractivity contribution in [2.45, 2.75) is 6.92 Å². The lowest BCUT2D eigenvalue weighted by Crippen LogP contribution is -2.02. The third-order valence-electron chi connectivity index (χ3n) is 2.33. The molecular formula is C11H10BrClN4. The van der Waals surface area contributed by atoms with Crippen LogP contribution in [0.4, 0.5) is 17.3 Å². The van der Waals surface area contributed by atoms with Gasteiger partial charge in [0.2, 0.25) is 0 Å². The number of hydrogen-bond donors (Lipinski definition) is 2. The fourth-order valence-electron chi connectivity index (χ4n) is 1.32. The molecule has 2 rings (SSSR count). The molecule has 0 aliphatic carbocycles. The molecule has 1 aromatic carbocycles. The Morgan fingerprint density at radius 3 is 2.88 bits per heavy atom. The molecule has 0 fully saturated rings. The number of aromatic nitrogens is 2. The molecule has 0 saturated carbocycles. The molecule has 0 aliphatic heterocycles. The summed E-state index contributed by atoms with van der Waals surface area (Å²) in [6.45, 7) is 1.86. The SMILES string of the molecule is Cc1c(N)ncnc1Nc1cccc(Cl)c1Br. The van der Waals surface area contributed by atoms with Gasteiger partial charge in [0.25, 0.3) is 0 Å². The van der Waals surface area contributed by atoms with Crippen LogP contribution in [0.25, 0.3) is 0 Å². The lowest BCUT2D eigenvalue weighted by molar-refractivity contribution is 1.14. The molecular weight excluding hydrogens is 304 g/mol. The number of benzene rings is 1. The molecule has 4 nitrogen and oxygen atoms in total. The molecule has 0 unspecified atom stereocenters. The van der Waals surface area contributed by atoms with Crippen LogP contribution in [0.3, 0.4) is 0 Å². The van der Waals surface area contributed by atoms with Crippen LogP contribution < -0.4 is 11.1 Å². The number of rotatable bonds is 2. The Morgan fingerprint density at radius 2 is 2.12 bits per heavy atom. The average Bonchev–Trinajstić information content (AvgIpc) is 2.31. The summed E-state index contributed by atoms with van der Waals surface area (Å²) in [6, 6.07) is 5.56. The third kappa shape index (κ3) is 2.50. The topological polar surface area (TPSA) is 63.8 Å². The van der Waals surface area contributed by atoms with Gasteiger partial charge in [-0.05, 0) is 35.0 Å². The van der Waals surface area contributed by atoms with E-state index in [-0.39, 0.29) is 0 Å². The monoisotopic (exact) mass is 312 g/mol. The molecule has 17 heavy (non-hydrogen) atoms. The van der Waals surface area contributed by atoms with Crippen molar-refractivity contribution in [3.05, 3.63) is 39.6 Å². The molecule has 0 aliphatic rings. The second kappa shape index (κ2) is 4.89. The summed E-state index contributed by atoms with van der Waals surface area (Å²) in [7, 11) is 0. The second-order valence-corrected chi connectivity index (χ2v) is 4.66. The zero-order chi connectivity index (χ0) is 12.4. The van der Waals surface area contributed by atoms with Gasteiger partial charge < -0.3 is 11.1 Å². The van der Waals surface area contributed by atoms with Gasteiger partial charge in [-0.2, -0.15) is 0 Å². The van der Waals surface area contributed by atoms with Crippen LogP contribution in [0.5, 0.6) is 0 Å². The highest BCUT2D eigenvalue weighted by Gasteiger charge is 2.08. The molecule has 3 N–H and O–H groups in total. The van der Waals surface area contributed by atoms with Crippen LogP contribution in [0.1, 0.15) is 5.56 Å². The second-order valence-electron chi connectivity index (χ2n) is 3.46. The van der Waals surface area contributed by atoms with E-state index in [4.69, 9.17) is 17.3 Å². The summed E-state index contributed by atoms with van der Waals surface area (Å²) in [5, 5.41) is 3.79. The fraction of sp³-hybridized carbons (Fsp3) is 0.0909. The first-order chi connectivity index (χ1) is 8.09. The summed E-state index contributed by atoms with van der Waals surface area (Å²) < 4.78 is 0.790. The quantitative estimate of drug-likeness (QED) is 0.890. The Kier molecular flexibility index (Phi) is 3.49. The number of nitrogens with two attached hydrogens (primary N) is 1. The highest BCUT2D eigenvalue weighted by molar-refractivity contribution is 9.10. The summed E-state index contributed by atoms with van der Waals surface area (Å²) in [4.78, 5) is 8.05. The van der Waals surface area contributed by atoms with Crippen molar-refractivity contribution in [2.75, 3.05) is 11.1 Å². The van der Waals surface area contributed by atoms with Gasteiger partial charge in [-0.15, -0.1) is 0 Å². The lowest BCUT2D eigenvalue weighted by atomic mass is 10.3. The standard InChI is InChI=1S/C11H10BrClN4/c1-6-10(14)15-5-16-11(6)17-8-4-2-3-7(13)9(8)12/h2-5H,1H3,(H3,14,15,16,17). The van der Waals surface area contributed by atoms with Gasteiger partial charge in [0.15, 0.2) is 0 Å². The maximum absolute atomic E-state index is 6.01. The minimum Gasteiger partial charge on any atom is -0.383 e. The summed E-state index contributed by atoms with van der Waals surface area (Å²) in [6.07, 6.45) is 1.42. The largest absolute Gasteiger partial charge is 0.383 e. The van der Waals surface area contributed by atoms with E-state index in [2.05, 4.69) is 31.2 Å². The molecule has 0 radical (unpaired) electrons. The Morgan fingerprint density at radius 1 is 1.35 bits per heavy atom. The predicted octanol–water partition coefficient (Wildman–Crippen LogP) is 3.53. The molecule has 0 atom stereocenters. The van der Waals surface area contributed by atoms with Crippen LogP contribution in [-0.4, -0.2) is 9.97 Å². The van der Waals surface area contributed by atoms with Gasteiger partial charge in [0.05, 0.1) is 15.2 Å². The van der Waals surface area contributed by atoms with Crippen molar-refractivity contribution in [1.82, 2.24) is 9.97 Å². The minimum atomic E-state index is 0.459. The van der Waals surface area contributed by atoms with Crippen LogP contribution >= 0.6 is 27.5 Å². The number of halogens is 2. The van der Waals surface area contributed by atoms with Gasteiger partial charge in [-0.1, -0.05) is 17.7 Å². The number of nitrogens with zero attached hydrogens (tertiary/aromatic N) is 2. The predicted molar refractivity (Wildman–Crippen MR) is 73.6 cm³/mol. The molecule has 0 bridgehead atoms. The zero-order valence-electron chi connectivity index (χ0n) is 9.04. The van der Waals surface area contributed by atoms with Crippen molar-refractivity contribution < 1.29 is 0 Å². The molecule has 0 spiro atoms. The maximum atomic E-state index is 6.01. The number of hydrogen-bond acceptors (Lipinski definition) is 4. The van der Waals surface area contributed by atoms with E-state index in [9.17, 15) is 0 Å². The molecule has 1 heterocycles.